The van der Waals surface area contributed by atoms with Crippen LogP contribution in [0.25, 0.3) is 0 Å². The van der Waals surface area contributed by atoms with E-state index in [1.807, 2.05) is 6.92 Å². The van der Waals surface area contributed by atoms with Crippen molar-refractivity contribution in [3.8, 4) is 0 Å². The smallest absolute Gasteiger partial charge is 0.251 e. The highest BCUT2D eigenvalue weighted by molar-refractivity contribution is 5.81. The Hall–Kier alpha value is -1.36. The molecule has 5 nitrogen and oxygen atoms in total. The first-order valence-electron chi connectivity index (χ1n) is 5.25. The van der Waals surface area contributed by atoms with E-state index in [2.05, 4.69) is 10.4 Å². The van der Waals surface area contributed by atoms with E-state index in [-0.39, 0.29) is 11.8 Å². The summed E-state index contributed by atoms with van der Waals surface area (Å²) in [5, 5.41) is 7.22. The number of nitrogens with one attached hydrogen (secondary N) is 1. The maximum Gasteiger partial charge on any atom is 0.251 e. The third-order valence-corrected chi connectivity index (χ3v) is 2.76. The molecule has 15 heavy (non-hydrogen) atoms. The van der Waals surface area contributed by atoms with Crippen LogP contribution in [0.4, 0.5) is 5.82 Å². The van der Waals surface area contributed by atoms with Gasteiger partial charge in [0.25, 0.3) is 5.91 Å². The highest BCUT2D eigenvalue weighted by Gasteiger charge is 2.23. The lowest BCUT2D eigenvalue weighted by Crippen LogP contribution is -2.37. The van der Waals surface area contributed by atoms with Crippen molar-refractivity contribution in [2.45, 2.75) is 19.8 Å². The van der Waals surface area contributed by atoms with Crippen LogP contribution in [-0.2, 0) is 0 Å². The molecule has 82 valence electrons. The minimum atomic E-state index is 0.0387. The second-order valence-electron chi connectivity index (χ2n) is 4.00. The average Bonchev–Trinajstić information content (AvgIpc) is 2.58. The Balaban J connectivity index is 2.16. The van der Waals surface area contributed by atoms with E-state index in [9.17, 15) is 4.79 Å². The monoisotopic (exact) mass is 208 g/mol. The summed E-state index contributed by atoms with van der Waals surface area (Å²) in [7, 11) is 0. The van der Waals surface area contributed by atoms with Gasteiger partial charge < -0.3 is 11.1 Å². The predicted molar refractivity (Wildman–Crippen MR) is 57.6 cm³/mol. The quantitative estimate of drug-likeness (QED) is 0.701. The molecular weight excluding hydrogens is 192 g/mol. The molecule has 3 N–H and O–H groups in total. The second kappa shape index (κ2) is 4.02. The number of anilines is 1. The highest BCUT2D eigenvalue weighted by atomic mass is 16.2. The van der Waals surface area contributed by atoms with Gasteiger partial charge in [0.15, 0.2) is 0 Å². The van der Waals surface area contributed by atoms with Gasteiger partial charge in [-0.05, 0) is 26.3 Å². The number of aryl methyl sites for hydroxylation is 1. The zero-order chi connectivity index (χ0) is 10.8. The van der Waals surface area contributed by atoms with Crippen LogP contribution in [0.3, 0.4) is 0 Å². The fourth-order valence-electron chi connectivity index (χ4n) is 1.96. The molecule has 0 aliphatic carbocycles. The van der Waals surface area contributed by atoms with E-state index >= 15 is 0 Å². The van der Waals surface area contributed by atoms with E-state index in [1.54, 1.807) is 6.07 Å². The van der Waals surface area contributed by atoms with Gasteiger partial charge in [-0.3, -0.25) is 4.79 Å². The molecule has 0 bridgehead atoms. The Bertz CT molecular complexity index is 365. The van der Waals surface area contributed by atoms with Gasteiger partial charge in [-0.1, -0.05) is 0 Å². The maximum atomic E-state index is 12.0. The van der Waals surface area contributed by atoms with Crippen LogP contribution in [-0.4, -0.2) is 28.8 Å². The van der Waals surface area contributed by atoms with Crippen molar-refractivity contribution >= 4 is 11.7 Å². The number of hydrogen-bond donors (Lipinski definition) is 2. The van der Waals surface area contributed by atoms with Crippen LogP contribution in [0.2, 0.25) is 0 Å². The zero-order valence-corrected chi connectivity index (χ0v) is 8.86. The van der Waals surface area contributed by atoms with Gasteiger partial charge in [-0.25, -0.2) is 4.68 Å². The van der Waals surface area contributed by atoms with Crippen molar-refractivity contribution in [1.82, 2.24) is 15.1 Å². The summed E-state index contributed by atoms with van der Waals surface area (Å²) in [6.07, 6.45) is 1.98. The Kier molecular flexibility index (Phi) is 2.73. The Morgan fingerprint density at radius 2 is 2.53 bits per heavy atom. The lowest BCUT2D eigenvalue weighted by atomic mass is 9.99. The minimum Gasteiger partial charge on any atom is -0.382 e. The minimum absolute atomic E-state index is 0.0387. The van der Waals surface area contributed by atoms with Gasteiger partial charge in [0, 0.05) is 18.3 Å². The fourth-order valence-corrected chi connectivity index (χ4v) is 1.96. The third kappa shape index (κ3) is 2.02. The molecule has 2 rings (SSSR count). The van der Waals surface area contributed by atoms with Crippen molar-refractivity contribution in [3.63, 3.8) is 0 Å². The molecular formula is C10H16N4O. The van der Waals surface area contributed by atoms with Crippen LogP contribution < -0.4 is 11.1 Å². The predicted octanol–water partition coefficient (Wildman–Crippen LogP) is 0.414. The number of hydrogen-bond acceptors (Lipinski definition) is 4. The molecule has 1 unspecified atom stereocenters. The lowest BCUT2D eigenvalue weighted by Gasteiger charge is -2.21. The fraction of sp³-hybridized carbons (Fsp3) is 0.600. The van der Waals surface area contributed by atoms with Crippen molar-refractivity contribution in [3.05, 3.63) is 11.8 Å². The molecule has 0 spiro atoms. The molecule has 0 saturated carbocycles. The standard InChI is InChI=1S/C10H16N4O/c1-7-5-9(11)13-14(7)10(15)8-3-2-4-12-6-8/h5,8,12H,2-4,6H2,1H3,(H2,11,13). The number of aromatic nitrogens is 2. The SMILES string of the molecule is Cc1cc(N)nn1C(=O)C1CCCNC1. The first kappa shape index (κ1) is 10.2. The summed E-state index contributed by atoms with van der Waals surface area (Å²) in [5.74, 6) is 0.498. The van der Waals surface area contributed by atoms with Crippen LogP contribution in [0.1, 0.15) is 23.3 Å². The van der Waals surface area contributed by atoms with E-state index < -0.39 is 0 Å². The van der Waals surface area contributed by atoms with Crippen LogP contribution in [0.5, 0.6) is 0 Å². The molecule has 5 heteroatoms. The number of nitrogens with zero attached hydrogens (tertiary/aromatic N) is 2. The lowest BCUT2D eigenvalue weighted by molar-refractivity contribution is 0.0793. The number of carbonyl (C=O) groups excluding carboxylic acids is 1. The van der Waals surface area contributed by atoms with Crippen molar-refractivity contribution in [2.75, 3.05) is 18.8 Å². The molecule has 1 aromatic heterocycles. The topological polar surface area (TPSA) is 72.9 Å². The summed E-state index contributed by atoms with van der Waals surface area (Å²) in [5.41, 5.74) is 6.36. The van der Waals surface area contributed by atoms with Crippen molar-refractivity contribution < 1.29 is 4.79 Å². The second-order valence-corrected chi connectivity index (χ2v) is 4.00. The van der Waals surface area contributed by atoms with Crippen molar-refractivity contribution in [1.29, 1.82) is 0 Å². The van der Waals surface area contributed by atoms with E-state index in [0.29, 0.717) is 5.82 Å². The third-order valence-electron chi connectivity index (χ3n) is 2.76. The van der Waals surface area contributed by atoms with Gasteiger partial charge in [-0.15, -0.1) is 5.10 Å². The van der Waals surface area contributed by atoms with E-state index in [4.69, 9.17) is 5.73 Å². The first-order valence-corrected chi connectivity index (χ1v) is 5.25. The van der Waals surface area contributed by atoms with Crippen LogP contribution in [0.15, 0.2) is 6.07 Å². The molecule has 1 aliphatic heterocycles. The average molecular weight is 208 g/mol. The number of rotatable bonds is 1. The van der Waals surface area contributed by atoms with E-state index in [1.165, 1.54) is 4.68 Å². The molecule has 0 aromatic carbocycles. The molecule has 1 fully saturated rings. The van der Waals surface area contributed by atoms with Gasteiger partial charge in [-0.2, -0.15) is 0 Å². The summed E-state index contributed by atoms with van der Waals surface area (Å²) in [6, 6.07) is 1.72. The summed E-state index contributed by atoms with van der Waals surface area (Å²) < 4.78 is 1.42. The molecule has 1 aromatic rings. The van der Waals surface area contributed by atoms with Gasteiger partial charge in [0.2, 0.25) is 0 Å². The van der Waals surface area contributed by atoms with Crippen LogP contribution in [0, 0.1) is 12.8 Å². The summed E-state index contributed by atoms with van der Waals surface area (Å²) in [4.78, 5) is 12.0. The van der Waals surface area contributed by atoms with Crippen molar-refractivity contribution in [2.24, 2.45) is 5.92 Å². The molecule has 0 radical (unpaired) electrons. The maximum absolute atomic E-state index is 12.0. The molecule has 1 atom stereocenters. The van der Waals surface area contributed by atoms with E-state index in [0.717, 1.165) is 31.6 Å². The number of piperidine rings is 1. The Morgan fingerprint density at radius 3 is 3.07 bits per heavy atom. The van der Waals surface area contributed by atoms with Gasteiger partial charge in [0.05, 0.1) is 5.92 Å². The number of carbonyl (C=O) groups is 1. The summed E-state index contributed by atoms with van der Waals surface area (Å²) in [6.45, 7) is 3.60. The molecule has 1 aliphatic rings. The molecule has 1 saturated heterocycles. The van der Waals surface area contributed by atoms with Crippen LogP contribution >= 0.6 is 0 Å². The number of nitrogens with two attached hydrogens (primary N) is 1. The molecule has 2 heterocycles. The summed E-state index contributed by atoms with van der Waals surface area (Å²) >= 11 is 0. The number of nitrogen functional groups attached to an aromatic ring is 1. The first-order chi connectivity index (χ1) is 7.18. The Morgan fingerprint density at radius 1 is 1.73 bits per heavy atom. The molecule has 0 amide bonds. The zero-order valence-electron chi connectivity index (χ0n) is 8.86. The largest absolute Gasteiger partial charge is 0.382 e. The van der Waals surface area contributed by atoms with Gasteiger partial charge in [0.1, 0.15) is 5.82 Å². The highest BCUT2D eigenvalue weighted by Crippen LogP contribution is 2.14. The van der Waals surface area contributed by atoms with Gasteiger partial charge >= 0.3 is 0 Å². The normalized spacial score (nSPS) is 21.5. The Labute approximate surface area is 88.6 Å².